The molecule has 0 fully saturated rings. The number of para-hydroxylation sites is 3. The molecule has 8 aromatic carbocycles. The smallest absolute Gasteiger partial charge is 0.0620 e. The van der Waals surface area contributed by atoms with Crippen molar-refractivity contribution in [1.82, 2.24) is 9.13 Å². The van der Waals surface area contributed by atoms with Crippen LogP contribution in [0.1, 0.15) is 0 Å². The lowest BCUT2D eigenvalue weighted by Gasteiger charge is -2.11. The van der Waals surface area contributed by atoms with Crippen LogP contribution in [0.5, 0.6) is 0 Å². The zero-order valence-electron chi connectivity index (χ0n) is 26.1. The van der Waals surface area contributed by atoms with E-state index in [-0.39, 0.29) is 0 Å². The van der Waals surface area contributed by atoms with Gasteiger partial charge in [0.1, 0.15) is 0 Å². The first kappa shape index (κ1) is 25.8. The summed E-state index contributed by atoms with van der Waals surface area (Å²) < 4.78 is 4.84. The molecule has 0 N–H and O–H groups in total. The maximum atomic E-state index is 2.46. The molecule has 1 aliphatic rings. The third kappa shape index (κ3) is 3.41. The molecule has 2 nitrogen and oxygen atoms in total. The second-order valence-corrected chi connectivity index (χ2v) is 12.9. The Labute approximate surface area is 277 Å². The van der Waals surface area contributed by atoms with Gasteiger partial charge in [0.25, 0.3) is 0 Å². The molecule has 2 heterocycles. The summed E-state index contributed by atoms with van der Waals surface area (Å²) >= 11 is 0. The Balaban J connectivity index is 1.14. The van der Waals surface area contributed by atoms with Crippen molar-refractivity contribution in [3.05, 3.63) is 170 Å². The summed E-state index contributed by atoms with van der Waals surface area (Å²) in [5.74, 6) is 0. The fraction of sp³-hybridized carbons (Fsp3) is 0. The Kier molecular flexibility index (Phi) is 5.14. The molecule has 222 valence electrons. The molecule has 11 rings (SSSR count). The predicted octanol–water partition coefficient (Wildman–Crippen LogP) is 12.3. The molecule has 0 saturated heterocycles. The van der Waals surface area contributed by atoms with Gasteiger partial charge in [-0.1, -0.05) is 115 Å². The van der Waals surface area contributed by atoms with E-state index >= 15 is 0 Å². The summed E-state index contributed by atoms with van der Waals surface area (Å²) in [7, 11) is 0. The minimum atomic E-state index is 1.17. The Morgan fingerprint density at radius 3 is 1.60 bits per heavy atom. The van der Waals surface area contributed by atoms with Gasteiger partial charge < -0.3 is 9.13 Å². The van der Waals surface area contributed by atoms with Crippen LogP contribution in [0.3, 0.4) is 0 Å². The Morgan fingerprint density at radius 1 is 0.292 bits per heavy atom. The molecule has 0 aliphatic heterocycles. The Hall–Kier alpha value is -6.38. The summed E-state index contributed by atoms with van der Waals surface area (Å²) in [6, 6.07) is 62.4. The monoisotopic (exact) mass is 608 g/mol. The summed E-state index contributed by atoms with van der Waals surface area (Å²) in [4.78, 5) is 0. The van der Waals surface area contributed by atoms with E-state index < -0.39 is 0 Å². The normalized spacial score (nSPS) is 12.2. The molecule has 0 amide bonds. The molecule has 2 aromatic heterocycles. The first-order valence-electron chi connectivity index (χ1n) is 16.6. The molecule has 10 aromatic rings. The van der Waals surface area contributed by atoms with Crippen molar-refractivity contribution < 1.29 is 0 Å². The van der Waals surface area contributed by atoms with Gasteiger partial charge in [-0.2, -0.15) is 0 Å². The van der Waals surface area contributed by atoms with Gasteiger partial charge in [0.15, 0.2) is 0 Å². The van der Waals surface area contributed by atoms with E-state index in [0.29, 0.717) is 0 Å². The van der Waals surface area contributed by atoms with Crippen molar-refractivity contribution in [3.63, 3.8) is 0 Å². The third-order valence-corrected chi connectivity index (χ3v) is 10.4. The molecule has 0 unspecified atom stereocenters. The van der Waals surface area contributed by atoms with Crippen LogP contribution in [0.25, 0.3) is 99.1 Å². The van der Waals surface area contributed by atoms with Crippen LogP contribution in [0.2, 0.25) is 0 Å². The van der Waals surface area contributed by atoms with Gasteiger partial charge in [0.05, 0.1) is 22.1 Å². The molecule has 2 heteroatoms. The maximum absolute atomic E-state index is 2.46. The molecule has 0 atom stereocenters. The van der Waals surface area contributed by atoms with Gasteiger partial charge in [-0.05, 0) is 93.4 Å². The number of nitrogens with zero attached hydrogens (tertiary/aromatic N) is 2. The minimum Gasteiger partial charge on any atom is -0.309 e. The van der Waals surface area contributed by atoms with Crippen LogP contribution < -0.4 is 0 Å². The van der Waals surface area contributed by atoms with Crippen LogP contribution in [0, 0.1) is 0 Å². The van der Waals surface area contributed by atoms with Crippen LogP contribution in [-0.2, 0) is 0 Å². The summed E-state index contributed by atoms with van der Waals surface area (Å²) in [5.41, 5.74) is 15.0. The van der Waals surface area contributed by atoms with E-state index in [4.69, 9.17) is 0 Å². The highest BCUT2D eigenvalue weighted by atomic mass is 15.0. The van der Waals surface area contributed by atoms with E-state index in [1.807, 2.05) is 0 Å². The topological polar surface area (TPSA) is 9.86 Å². The van der Waals surface area contributed by atoms with Gasteiger partial charge >= 0.3 is 0 Å². The molecule has 0 spiro atoms. The molecule has 48 heavy (non-hydrogen) atoms. The first-order valence-corrected chi connectivity index (χ1v) is 16.6. The number of hydrogen-bond donors (Lipinski definition) is 0. The SMILES string of the molecule is c1ccc(-n2c3ccc(-c4ccc(-n5c6ccccc6c6ccccc65)cc4)cc3c3cc4c5c(cccc5c32)-c2ccccc2-4)cc1. The molecular formula is C46H28N2. The van der Waals surface area contributed by atoms with Crippen LogP contribution in [0.4, 0.5) is 0 Å². The third-order valence-electron chi connectivity index (χ3n) is 10.4. The highest BCUT2D eigenvalue weighted by molar-refractivity contribution is 6.27. The average Bonchev–Trinajstić information content (AvgIpc) is 3.79. The average molecular weight is 609 g/mol. The van der Waals surface area contributed by atoms with Crippen molar-refractivity contribution in [1.29, 1.82) is 0 Å². The van der Waals surface area contributed by atoms with E-state index in [1.165, 1.54) is 99.1 Å². The Morgan fingerprint density at radius 2 is 0.854 bits per heavy atom. The van der Waals surface area contributed by atoms with Gasteiger partial charge in [-0.3, -0.25) is 0 Å². The number of benzene rings is 8. The highest BCUT2D eigenvalue weighted by Crippen LogP contribution is 2.51. The second-order valence-electron chi connectivity index (χ2n) is 12.9. The van der Waals surface area contributed by atoms with Crippen LogP contribution in [0.15, 0.2) is 170 Å². The largest absolute Gasteiger partial charge is 0.309 e. The maximum Gasteiger partial charge on any atom is 0.0620 e. The van der Waals surface area contributed by atoms with E-state index in [0.717, 1.165) is 0 Å². The number of fused-ring (bicyclic) bond motifs is 10. The lowest BCUT2D eigenvalue weighted by Crippen LogP contribution is -1.94. The zero-order valence-corrected chi connectivity index (χ0v) is 26.1. The summed E-state index contributed by atoms with van der Waals surface area (Å²) in [5, 5.41) is 7.77. The second kappa shape index (κ2) is 9.57. The first-order chi connectivity index (χ1) is 23.8. The van der Waals surface area contributed by atoms with Crippen LogP contribution in [-0.4, -0.2) is 9.13 Å². The fourth-order valence-electron chi connectivity index (χ4n) is 8.40. The minimum absolute atomic E-state index is 1.17. The number of rotatable bonds is 3. The van der Waals surface area contributed by atoms with Crippen molar-refractivity contribution >= 4 is 54.4 Å². The van der Waals surface area contributed by atoms with Gasteiger partial charge in [-0.25, -0.2) is 0 Å². The van der Waals surface area contributed by atoms with Crippen molar-refractivity contribution in [2.24, 2.45) is 0 Å². The summed E-state index contributed by atoms with van der Waals surface area (Å²) in [6.45, 7) is 0. The number of aromatic nitrogens is 2. The lowest BCUT2D eigenvalue weighted by atomic mass is 9.98. The quantitative estimate of drug-likeness (QED) is 0.189. The Bertz CT molecular complexity index is 2870. The molecule has 0 bridgehead atoms. The van der Waals surface area contributed by atoms with Crippen molar-refractivity contribution in [3.8, 4) is 44.8 Å². The lowest BCUT2D eigenvalue weighted by molar-refractivity contribution is 1.18. The molecule has 0 radical (unpaired) electrons. The molecular weight excluding hydrogens is 581 g/mol. The molecule has 0 saturated carbocycles. The van der Waals surface area contributed by atoms with Gasteiger partial charge in [0, 0.05) is 38.3 Å². The van der Waals surface area contributed by atoms with E-state index in [9.17, 15) is 0 Å². The number of hydrogen-bond acceptors (Lipinski definition) is 0. The van der Waals surface area contributed by atoms with Gasteiger partial charge in [0.2, 0.25) is 0 Å². The predicted molar refractivity (Wildman–Crippen MR) is 202 cm³/mol. The van der Waals surface area contributed by atoms with Crippen LogP contribution >= 0.6 is 0 Å². The summed E-state index contributed by atoms with van der Waals surface area (Å²) in [6.07, 6.45) is 0. The molecule has 1 aliphatic carbocycles. The highest BCUT2D eigenvalue weighted by Gasteiger charge is 2.25. The van der Waals surface area contributed by atoms with Gasteiger partial charge in [-0.15, -0.1) is 0 Å². The fourth-order valence-corrected chi connectivity index (χ4v) is 8.40. The zero-order chi connectivity index (χ0) is 31.3. The van der Waals surface area contributed by atoms with E-state index in [1.54, 1.807) is 0 Å². The van der Waals surface area contributed by atoms with Crippen molar-refractivity contribution in [2.45, 2.75) is 0 Å². The van der Waals surface area contributed by atoms with E-state index in [2.05, 4.69) is 179 Å². The van der Waals surface area contributed by atoms with Crippen molar-refractivity contribution in [2.75, 3.05) is 0 Å². The standard InChI is InChI=1S/C46H28N2/c1-2-11-31(12-3-1)48-44-26-23-30(29-21-24-32(25-22-29)47-42-19-8-6-15-35(42)36-16-7-9-20-43(36)47)27-39(44)41-28-40-34-14-5-4-13-33(34)37-17-10-18-38(45(37)40)46(41)48/h1-28H.